The highest BCUT2D eigenvalue weighted by molar-refractivity contribution is 5.78. The predicted molar refractivity (Wildman–Crippen MR) is 55.2 cm³/mol. The zero-order valence-electron chi connectivity index (χ0n) is 9.08. The molecule has 4 heteroatoms. The van der Waals surface area contributed by atoms with Crippen LogP contribution in [0.4, 0.5) is 0 Å². The molecule has 0 aliphatic heterocycles. The van der Waals surface area contributed by atoms with E-state index in [1.165, 1.54) is 0 Å². The first-order chi connectivity index (χ1) is 6.72. The molecule has 14 heavy (non-hydrogen) atoms. The van der Waals surface area contributed by atoms with Gasteiger partial charge in [-0.2, -0.15) is 0 Å². The average molecular weight is 200 g/mol. The van der Waals surface area contributed by atoms with Gasteiger partial charge in [0.05, 0.1) is 6.54 Å². The maximum atomic E-state index is 11.4. The van der Waals surface area contributed by atoms with Crippen LogP contribution in [0.5, 0.6) is 0 Å². The molecule has 4 nitrogen and oxygen atoms in total. The van der Waals surface area contributed by atoms with Crippen LogP contribution in [0, 0.1) is 0 Å². The maximum Gasteiger partial charge on any atom is 0.234 e. The van der Waals surface area contributed by atoms with Gasteiger partial charge in [0, 0.05) is 26.3 Å². The van der Waals surface area contributed by atoms with Crippen molar-refractivity contribution in [3.8, 4) is 0 Å². The Morgan fingerprint density at radius 3 is 2.86 bits per heavy atom. The van der Waals surface area contributed by atoms with E-state index in [1.54, 1.807) is 7.11 Å². The zero-order chi connectivity index (χ0) is 10.4. The first-order valence-corrected chi connectivity index (χ1v) is 5.19. The van der Waals surface area contributed by atoms with Crippen LogP contribution in [0.3, 0.4) is 0 Å². The molecule has 0 radical (unpaired) electrons. The fraction of sp³-hybridized carbons (Fsp3) is 0.900. The van der Waals surface area contributed by atoms with Gasteiger partial charge in [-0.3, -0.25) is 9.69 Å². The lowest BCUT2D eigenvalue weighted by Gasteiger charge is -2.15. The number of hydrogen-bond donors (Lipinski definition) is 1. The van der Waals surface area contributed by atoms with Crippen LogP contribution >= 0.6 is 0 Å². The minimum absolute atomic E-state index is 0.146. The SMILES string of the molecule is COCCCN(C)CC(=O)NC1CC1. The van der Waals surface area contributed by atoms with Crippen LogP contribution < -0.4 is 5.32 Å². The first-order valence-electron chi connectivity index (χ1n) is 5.19. The van der Waals surface area contributed by atoms with Gasteiger partial charge in [0.1, 0.15) is 0 Å². The minimum Gasteiger partial charge on any atom is -0.385 e. The smallest absolute Gasteiger partial charge is 0.234 e. The second-order valence-corrected chi connectivity index (χ2v) is 3.93. The molecule has 1 aliphatic rings. The van der Waals surface area contributed by atoms with E-state index in [1.807, 2.05) is 11.9 Å². The van der Waals surface area contributed by atoms with E-state index >= 15 is 0 Å². The number of likely N-dealkylation sites (N-methyl/N-ethyl adjacent to an activating group) is 1. The lowest BCUT2D eigenvalue weighted by Crippen LogP contribution is -2.36. The average Bonchev–Trinajstić information content (AvgIpc) is 2.88. The van der Waals surface area contributed by atoms with Crippen LogP contribution in [-0.2, 0) is 9.53 Å². The van der Waals surface area contributed by atoms with E-state index in [9.17, 15) is 4.79 Å². The minimum atomic E-state index is 0.146. The summed E-state index contributed by atoms with van der Waals surface area (Å²) >= 11 is 0. The molecule has 0 atom stereocenters. The quantitative estimate of drug-likeness (QED) is 0.598. The highest BCUT2D eigenvalue weighted by atomic mass is 16.5. The fourth-order valence-corrected chi connectivity index (χ4v) is 1.30. The molecule has 0 unspecified atom stereocenters. The summed E-state index contributed by atoms with van der Waals surface area (Å²) in [6, 6.07) is 0.467. The summed E-state index contributed by atoms with van der Waals surface area (Å²) in [6.45, 7) is 2.17. The van der Waals surface area contributed by atoms with Crippen molar-refractivity contribution in [1.29, 1.82) is 0 Å². The summed E-state index contributed by atoms with van der Waals surface area (Å²) in [4.78, 5) is 13.4. The van der Waals surface area contributed by atoms with Gasteiger partial charge in [0.15, 0.2) is 0 Å². The first kappa shape index (κ1) is 11.5. The van der Waals surface area contributed by atoms with Gasteiger partial charge in [-0.25, -0.2) is 0 Å². The molecule has 0 aromatic heterocycles. The largest absolute Gasteiger partial charge is 0.385 e. The Morgan fingerprint density at radius 2 is 2.29 bits per heavy atom. The Hall–Kier alpha value is -0.610. The molecule has 0 heterocycles. The van der Waals surface area contributed by atoms with Crippen LogP contribution in [0.2, 0.25) is 0 Å². The molecule has 0 spiro atoms. The molecule has 1 fully saturated rings. The number of carbonyl (C=O) groups is 1. The lowest BCUT2D eigenvalue weighted by atomic mass is 10.4. The maximum absolute atomic E-state index is 11.4. The third-order valence-electron chi connectivity index (χ3n) is 2.24. The number of methoxy groups -OCH3 is 1. The van der Waals surface area contributed by atoms with Crippen molar-refractivity contribution in [3.05, 3.63) is 0 Å². The van der Waals surface area contributed by atoms with Crippen molar-refractivity contribution in [2.45, 2.75) is 25.3 Å². The van der Waals surface area contributed by atoms with Crippen LogP contribution in [-0.4, -0.2) is 50.7 Å². The van der Waals surface area contributed by atoms with Gasteiger partial charge in [-0.05, 0) is 26.3 Å². The fourth-order valence-electron chi connectivity index (χ4n) is 1.30. The van der Waals surface area contributed by atoms with E-state index in [0.717, 1.165) is 32.4 Å². The Balaban J connectivity index is 1.99. The third-order valence-corrected chi connectivity index (χ3v) is 2.24. The number of hydrogen-bond acceptors (Lipinski definition) is 3. The third kappa shape index (κ3) is 5.19. The summed E-state index contributed by atoms with van der Waals surface area (Å²) in [6.07, 6.45) is 3.28. The van der Waals surface area contributed by atoms with Crippen molar-refractivity contribution in [1.82, 2.24) is 10.2 Å². The molecule has 0 aromatic rings. The summed E-state index contributed by atoms with van der Waals surface area (Å²) in [5.74, 6) is 0.146. The highest BCUT2D eigenvalue weighted by Gasteiger charge is 2.23. The van der Waals surface area contributed by atoms with E-state index < -0.39 is 0 Å². The Morgan fingerprint density at radius 1 is 1.57 bits per heavy atom. The number of ether oxygens (including phenoxy) is 1. The van der Waals surface area contributed by atoms with Crippen molar-refractivity contribution in [3.63, 3.8) is 0 Å². The van der Waals surface area contributed by atoms with E-state index in [2.05, 4.69) is 5.32 Å². The van der Waals surface area contributed by atoms with Gasteiger partial charge in [0.2, 0.25) is 5.91 Å². The monoisotopic (exact) mass is 200 g/mol. The highest BCUT2D eigenvalue weighted by Crippen LogP contribution is 2.18. The van der Waals surface area contributed by atoms with Crippen molar-refractivity contribution in [2.75, 3.05) is 33.9 Å². The van der Waals surface area contributed by atoms with E-state index in [-0.39, 0.29) is 5.91 Å². The van der Waals surface area contributed by atoms with Crippen LogP contribution in [0.25, 0.3) is 0 Å². The second kappa shape index (κ2) is 5.98. The van der Waals surface area contributed by atoms with E-state index in [4.69, 9.17) is 4.74 Å². The van der Waals surface area contributed by atoms with E-state index in [0.29, 0.717) is 12.6 Å². The summed E-state index contributed by atoms with van der Waals surface area (Å²) in [5, 5.41) is 2.96. The number of carbonyl (C=O) groups excluding carboxylic acids is 1. The molecule has 1 rings (SSSR count). The Kier molecular flexibility index (Phi) is 4.90. The van der Waals surface area contributed by atoms with Gasteiger partial charge in [-0.1, -0.05) is 0 Å². The Labute approximate surface area is 85.6 Å². The summed E-state index contributed by atoms with van der Waals surface area (Å²) in [7, 11) is 3.65. The number of nitrogens with zero attached hydrogens (tertiary/aromatic N) is 1. The molecule has 82 valence electrons. The topological polar surface area (TPSA) is 41.6 Å². The molecule has 0 aromatic carbocycles. The normalized spacial score (nSPS) is 15.9. The summed E-state index contributed by atoms with van der Waals surface area (Å²) < 4.78 is 4.94. The molecular formula is C10H20N2O2. The standard InChI is InChI=1S/C10H20N2O2/c1-12(6-3-7-14-2)8-10(13)11-9-4-5-9/h9H,3-8H2,1-2H3,(H,11,13). The van der Waals surface area contributed by atoms with Gasteiger partial charge in [0.25, 0.3) is 0 Å². The molecule has 1 N–H and O–H groups in total. The lowest BCUT2D eigenvalue weighted by molar-refractivity contribution is -0.122. The van der Waals surface area contributed by atoms with Gasteiger partial charge < -0.3 is 10.1 Å². The Bertz CT molecular complexity index is 181. The molecule has 1 amide bonds. The molecule has 0 bridgehead atoms. The van der Waals surface area contributed by atoms with Crippen LogP contribution in [0.15, 0.2) is 0 Å². The molecule has 1 saturated carbocycles. The van der Waals surface area contributed by atoms with Crippen molar-refractivity contribution < 1.29 is 9.53 Å². The number of amides is 1. The predicted octanol–water partition coefficient (Wildman–Crippen LogP) is 0.233. The van der Waals surface area contributed by atoms with Crippen LogP contribution in [0.1, 0.15) is 19.3 Å². The second-order valence-electron chi connectivity index (χ2n) is 3.93. The van der Waals surface area contributed by atoms with Gasteiger partial charge in [-0.15, -0.1) is 0 Å². The molecular weight excluding hydrogens is 180 g/mol. The molecule has 1 aliphatic carbocycles. The van der Waals surface area contributed by atoms with Crippen molar-refractivity contribution >= 4 is 5.91 Å². The number of nitrogens with one attached hydrogen (secondary N) is 1. The van der Waals surface area contributed by atoms with Gasteiger partial charge >= 0.3 is 0 Å². The summed E-state index contributed by atoms with van der Waals surface area (Å²) in [5.41, 5.74) is 0. The molecule has 0 saturated heterocycles. The zero-order valence-corrected chi connectivity index (χ0v) is 9.08. The van der Waals surface area contributed by atoms with Crippen molar-refractivity contribution in [2.24, 2.45) is 0 Å². The number of rotatable bonds is 7.